The van der Waals surface area contributed by atoms with Crippen molar-refractivity contribution in [2.75, 3.05) is 0 Å². The topological polar surface area (TPSA) is 0 Å². The van der Waals surface area contributed by atoms with Crippen LogP contribution in [0.4, 0.5) is 0 Å². The second-order valence-corrected chi connectivity index (χ2v) is 5.30. The van der Waals surface area contributed by atoms with Crippen molar-refractivity contribution in [2.24, 2.45) is 23.2 Å². The van der Waals surface area contributed by atoms with E-state index in [2.05, 4.69) is 34.6 Å². The summed E-state index contributed by atoms with van der Waals surface area (Å²) >= 11 is 0. The van der Waals surface area contributed by atoms with Crippen molar-refractivity contribution in [3.8, 4) is 0 Å². The molecule has 66 valence electrons. The fourth-order valence-electron chi connectivity index (χ4n) is 2.78. The molecule has 0 bridgehead atoms. The second kappa shape index (κ2) is 2.80. The fraction of sp³-hybridized carbons (Fsp3) is 1.00. The molecule has 1 saturated carbocycles. The zero-order valence-electron chi connectivity index (χ0n) is 8.65. The Morgan fingerprint density at radius 3 is 2.09 bits per heavy atom. The van der Waals surface area contributed by atoms with Crippen LogP contribution in [0, 0.1) is 23.2 Å². The van der Waals surface area contributed by atoms with E-state index < -0.39 is 0 Å². The van der Waals surface area contributed by atoms with Crippen LogP contribution in [0.1, 0.15) is 47.5 Å². The Morgan fingerprint density at radius 2 is 1.64 bits per heavy atom. The predicted octanol–water partition coefficient (Wildman–Crippen LogP) is 3.71. The average molecular weight is 154 g/mol. The van der Waals surface area contributed by atoms with E-state index in [0.29, 0.717) is 5.41 Å². The molecule has 0 aromatic rings. The van der Waals surface area contributed by atoms with Gasteiger partial charge in [-0.05, 0) is 36.0 Å². The van der Waals surface area contributed by atoms with E-state index in [-0.39, 0.29) is 0 Å². The van der Waals surface area contributed by atoms with E-state index in [4.69, 9.17) is 0 Å². The molecule has 1 aliphatic rings. The minimum Gasteiger partial charge on any atom is -0.0625 e. The highest BCUT2D eigenvalue weighted by atomic mass is 14.4. The van der Waals surface area contributed by atoms with E-state index in [1.54, 1.807) is 0 Å². The molecule has 0 N–H and O–H groups in total. The lowest BCUT2D eigenvalue weighted by molar-refractivity contribution is 0.0643. The van der Waals surface area contributed by atoms with Crippen LogP contribution < -0.4 is 0 Å². The van der Waals surface area contributed by atoms with Crippen LogP contribution in [0.3, 0.4) is 0 Å². The van der Waals surface area contributed by atoms with Crippen molar-refractivity contribution < 1.29 is 0 Å². The molecule has 11 heavy (non-hydrogen) atoms. The quantitative estimate of drug-likeness (QED) is 0.499. The van der Waals surface area contributed by atoms with Gasteiger partial charge >= 0.3 is 0 Å². The van der Waals surface area contributed by atoms with Crippen LogP contribution in [-0.2, 0) is 0 Å². The summed E-state index contributed by atoms with van der Waals surface area (Å²) in [5, 5.41) is 0. The summed E-state index contributed by atoms with van der Waals surface area (Å²) in [4.78, 5) is 0. The molecule has 3 atom stereocenters. The van der Waals surface area contributed by atoms with Crippen molar-refractivity contribution in [3.05, 3.63) is 0 Å². The van der Waals surface area contributed by atoms with Gasteiger partial charge in [-0.3, -0.25) is 0 Å². The second-order valence-electron chi connectivity index (χ2n) is 5.30. The van der Waals surface area contributed by atoms with Crippen molar-refractivity contribution in [3.63, 3.8) is 0 Å². The lowest BCUT2D eigenvalue weighted by Gasteiger charge is -2.44. The smallest absolute Gasteiger partial charge is 0.0323 e. The van der Waals surface area contributed by atoms with Gasteiger partial charge in [-0.25, -0.2) is 0 Å². The van der Waals surface area contributed by atoms with Crippen LogP contribution in [0.15, 0.2) is 0 Å². The number of hydrogen-bond donors (Lipinski definition) is 0. The highest BCUT2D eigenvalue weighted by molar-refractivity contribution is 4.86. The van der Waals surface area contributed by atoms with E-state index in [1.165, 1.54) is 12.8 Å². The third kappa shape index (κ3) is 1.77. The number of hydrogen-bond acceptors (Lipinski definition) is 0. The first-order valence-corrected chi connectivity index (χ1v) is 4.93. The van der Waals surface area contributed by atoms with Gasteiger partial charge in [0.25, 0.3) is 0 Å². The van der Waals surface area contributed by atoms with Gasteiger partial charge in [0.1, 0.15) is 0 Å². The predicted molar refractivity (Wildman–Crippen MR) is 50.5 cm³/mol. The van der Waals surface area contributed by atoms with Crippen LogP contribution in [0.5, 0.6) is 0 Å². The molecule has 0 nitrogen and oxygen atoms in total. The maximum atomic E-state index is 2.42. The third-order valence-corrected chi connectivity index (χ3v) is 3.73. The third-order valence-electron chi connectivity index (χ3n) is 3.73. The molecular formula is C11H22. The fourth-order valence-corrected chi connectivity index (χ4v) is 2.78. The summed E-state index contributed by atoms with van der Waals surface area (Å²) in [6.07, 6.45) is 2.85. The standard InChI is InChI=1S/C11H22/c1-8-6-9(2)10(3)11(4,5)7-8/h8-10H,6-7H2,1-5H3. The first-order valence-electron chi connectivity index (χ1n) is 4.93. The lowest BCUT2D eigenvalue weighted by atomic mass is 9.62. The maximum absolute atomic E-state index is 2.42. The number of rotatable bonds is 0. The van der Waals surface area contributed by atoms with Gasteiger partial charge < -0.3 is 0 Å². The van der Waals surface area contributed by atoms with Gasteiger partial charge in [0, 0.05) is 0 Å². The zero-order valence-corrected chi connectivity index (χ0v) is 8.65. The van der Waals surface area contributed by atoms with Crippen LogP contribution in [0.25, 0.3) is 0 Å². The maximum Gasteiger partial charge on any atom is -0.0323 e. The van der Waals surface area contributed by atoms with E-state index in [1.807, 2.05) is 0 Å². The molecule has 0 aromatic carbocycles. The molecule has 0 spiro atoms. The van der Waals surface area contributed by atoms with E-state index >= 15 is 0 Å². The summed E-state index contributed by atoms with van der Waals surface area (Å²) in [6, 6.07) is 0. The van der Waals surface area contributed by atoms with E-state index in [9.17, 15) is 0 Å². The molecule has 0 aromatic heterocycles. The molecule has 0 amide bonds. The summed E-state index contributed by atoms with van der Waals surface area (Å²) in [7, 11) is 0. The van der Waals surface area contributed by atoms with Crippen molar-refractivity contribution in [2.45, 2.75) is 47.5 Å². The van der Waals surface area contributed by atoms with Gasteiger partial charge in [0.15, 0.2) is 0 Å². The molecule has 0 heterocycles. The molecule has 1 fully saturated rings. The van der Waals surface area contributed by atoms with Crippen molar-refractivity contribution >= 4 is 0 Å². The van der Waals surface area contributed by atoms with Crippen molar-refractivity contribution in [1.29, 1.82) is 0 Å². The van der Waals surface area contributed by atoms with Gasteiger partial charge in [0.2, 0.25) is 0 Å². The first-order chi connectivity index (χ1) is 4.93. The van der Waals surface area contributed by atoms with E-state index in [0.717, 1.165) is 17.8 Å². The Hall–Kier alpha value is 0. The minimum atomic E-state index is 0.580. The van der Waals surface area contributed by atoms with Crippen LogP contribution >= 0.6 is 0 Å². The molecule has 1 rings (SSSR count). The van der Waals surface area contributed by atoms with Crippen LogP contribution in [-0.4, -0.2) is 0 Å². The van der Waals surface area contributed by atoms with Crippen molar-refractivity contribution in [1.82, 2.24) is 0 Å². The average Bonchev–Trinajstić information content (AvgIpc) is 1.81. The Bertz CT molecular complexity index is 135. The Kier molecular flexibility index (Phi) is 2.32. The first kappa shape index (κ1) is 9.09. The molecule has 0 heteroatoms. The SMILES string of the molecule is CC1CC(C)C(C)C(C)(C)C1. The summed E-state index contributed by atoms with van der Waals surface area (Å²) in [6.45, 7) is 12.1. The van der Waals surface area contributed by atoms with Gasteiger partial charge in [-0.2, -0.15) is 0 Å². The van der Waals surface area contributed by atoms with Crippen LogP contribution in [0.2, 0.25) is 0 Å². The lowest BCUT2D eigenvalue weighted by Crippen LogP contribution is -2.34. The molecule has 3 unspecified atom stereocenters. The normalized spacial score (nSPS) is 43.9. The van der Waals surface area contributed by atoms with Gasteiger partial charge in [-0.15, -0.1) is 0 Å². The summed E-state index contributed by atoms with van der Waals surface area (Å²) in [5.74, 6) is 2.77. The summed E-state index contributed by atoms with van der Waals surface area (Å²) in [5.41, 5.74) is 0.580. The molecule has 0 aliphatic heterocycles. The molecule has 0 saturated heterocycles. The zero-order chi connectivity index (χ0) is 8.65. The van der Waals surface area contributed by atoms with Gasteiger partial charge in [-0.1, -0.05) is 34.6 Å². The summed E-state index contributed by atoms with van der Waals surface area (Å²) < 4.78 is 0. The minimum absolute atomic E-state index is 0.580. The highest BCUT2D eigenvalue weighted by Gasteiger charge is 2.36. The van der Waals surface area contributed by atoms with Gasteiger partial charge in [0.05, 0.1) is 0 Å². The molecular weight excluding hydrogens is 132 g/mol. The Morgan fingerprint density at radius 1 is 1.09 bits per heavy atom. The highest BCUT2D eigenvalue weighted by Crippen LogP contribution is 2.45. The molecule has 1 aliphatic carbocycles. The largest absolute Gasteiger partial charge is 0.0625 e. The Labute approximate surface area is 71.4 Å². The monoisotopic (exact) mass is 154 g/mol. The molecule has 0 radical (unpaired) electrons. The Balaban J connectivity index is 2.67.